The quantitative estimate of drug-likeness (QED) is 0.0791. The zero-order chi connectivity index (χ0) is 98.1. The Bertz CT molecular complexity index is 2560. The van der Waals surface area contributed by atoms with Crippen LogP contribution >= 0.6 is 35.3 Å². The van der Waals surface area contributed by atoms with Crippen LogP contribution in [0, 0.1) is 0 Å². The summed E-state index contributed by atoms with van der Waals surface area (Å²) in [5.74, 6) is 7.84. The number of carbonyl (C=O) groups is 7. The maximum Gasteiger partial charge on any atom is 0.305 e. The van der Waals surface area contributed by atoms with Crippen LogP contribution in [-0.4, -0.2) is 293 Å². The average molecular weight is 2010 g/mol. The van der Waals surface area contributed by atoms with Crippen LogP contribution in [0.1, 0.15) is 315 Å². The van der Waals surface area contributed by atoms with Gasteiger partial charge >= 0.3 is 11.9 Å². The molecule has 2 amide bonds. The predicted octanol–water partition coefficient (Wildman–Crippen LogP) is 14.0. The SMILES string of the molecule is C1=CCNC1.C1=CNCCC1.C1=CSC=CN1.C1=NCCN1.C1=NCCO1.C1CC1.C1CC2CCC1O2.C1CCNC1.C1CCNCC1.C1CCNCC1.C1CCOC1.C1CCOCC1.C1CCSCC1.C1CNNC1.C1COCCN1.C1CSCN1.O=C1CCCC1.O=C1CCCC1.O=C1CCCC1.O=C1CCCCN1.O=C1CCCN1.O=C1CCCO1.O=C1CCCO1.O=S1(=O)CCCC1. The molecule has 25 aliphatic rings. The third-order valence-electron chi connectivity index (χ3n) is 22.4. The average Bonchev–Trinajstić information content (AvgIpc) is 1.74. The normalized spacial score (nSPS) is 23.8. The van der Waals surface area contributed by atoms with Crippen molar-refractivity contribution in [2.45, 2.75) is 327 Å². The molecule has 0 atom stereocenters. The van der Waals surface area contributed by atoms with E-state index in [0.717, 1.165) is 260 Å². The second-order valence-corrected chi connectivity index (χ2v) is 40.8. The van der Waals surface area contributed by atoms with E-state index in [9.17, 15) is 42.0 Å². The van der Waals surface area contributed by atoms with E-state index in [2.05, 4.69) is 124 Å². The third kappa shape index (κ3) is 102. The molecule has 21 heterocycles. The molecule has 35 heteroatoms. The number of amides is 2. The van der Waals surface area contributed by atoms with Crippen LogP contribution < -0.4 is 69.3 Å². The van der Waals surface area contributed by atoms with E-state index in [4.69, 9.17) is 18.9 Å². The molecule has 4 saturated carbocycles. The van der Waals surface area contributed by atoms with Crippen molar-refractivity contribution < 1.29 is 75.1 Å². The van der Waals surface area contributed by atoms with Crippen molar-refractivity contribution in [2.24, 2.45) is 9.98 Å². The number of sulfone groups is 1. The summed E-state index contributed by atoms with van der Waals surface area (Å²) in [6.45, 7) is 28.8. The van der Waals surface area contributed by atoms with E-state index in [-0.39, 0.29) is 23.8 Å². The summed E-state index contributed by atoms with van der Waals surface area (Å²) < 4.78 is 55.0. The number of aliphatic imine (C=N–C) groups is 2. The van der Waals surface area contributed by atoms with Crippen molar-refractivity contribution in [3.05, 3.63) is 47.6 Å². The van der Waals surface area contributed by atoms with E-state index < -0.39 is 9.84 Å². The number of morpholine rings is 1. The summed E-state index contributed by atoms with van der Waals surface area (Å²) in [6, 6.07) is 0. The number of nitrogens with one attached hydrogen (secondary N) is 13. The number of esters is 2. The predicted molar refractivity (Wildman–Crippen MR) is 568 cm³/mol. The maximum atomic E-state index is 10.4. The Morgan fingerprint density at radius 3 is 0.927 bits per heavy atom. The first-order valence-electron chi connectivity index (χ1n) is 53.3. The van der Waals surface area contributed by atoms with Gasteiger partial charge in [0.05, 0.1) is 69.6 Å². The van der Waals surface area contributed by atoms with Crippen molar-refractivity contribution in [1.29, 1.82) is 0 Å². The zero-order valence-electron chi connectivity index (χ0n) is 84.7. The van der Waals surface area contributed by atoms with E-state index >= 15 is 0 Å². The zero-order valence-corrected chi connectivity index (χ0v) is 87.9. The lowest BCUT2D eigenvalue weighted by Crippen LogP contribution is -2.30. The lowest BCUT2D eigenvalue weighted by Gasteiger charge is -2.10. The minimum Gasteiger partial charge on any atom is -0.482 e. The number of carbonyl (C=O) groups excluding carboxylic acids is 7. The van der Waals surface area contributed by atoms with Crippen LogP contribution in [0.15, 0.2) is 57.6 Å². The first-order chi connectivity index (χ1) is 67.4. The highest BCUT2D eigenvalue weighted by Crippen LogP contribution is 2.33. The monoisotopic (exact) mass is 2010 g/mol. The molecule has 31 nitrogen and oxygen atoms in total. The minimum absolute atomic E-state index is 0.0463. The second kappa shape index (κ2) is 104. The molecule has 20 fully saturated rings. The maximum absolute atomic E-state index is 10.4. The highest BCUT2D eigenvalue weighted by molar-refractivity contribution is 8.04. The number of hydrazine groups is 1. The summed E-state index contributed by atoms with van der Waals surface area (Å²) >= 11 is 5.73. The molecular formula is C102H191N15O16S4. The van der Waals surface area contributed by atoms with E-state index in [0.29, 0.717) is 67.1 Å². The van der Waals surface area contributed by atoms with Gasteiger partial charge in [0, 0.05) is 187 Å². The van der Waals surface area contributed by atoms with Crippen molar-refractivity contribution in [3.63, 3.8) is 0 Å². The van der Waals surface area contributed by atoms with Crippen LogP contribution in [0.2, 0.25) is 0 Å². The van der Waals surface area contributed by atoms with Crippen molar-refractivity contribution in [3.8, 4) is 0 Å². The smallest absolute Gasteiger partial charge is 0.305 e. The van der Waals surface area contributed by atoms with Crippen LogP contribution in [0.5, 0.6) is 0 Å². The van der Waals surface area contributed by atoms with Gasteiger partial charge in [0.2, 0.25) is 11.8 Å². The highest BCUT2D eigenvalue weighted by Gasteiger charge is 2.31. The Morgan fingerprint density at radius 2 is 0.781 bits per heavy atom. The molecule has 16 saturated heterocycles. The van der Waals surface area contributed by atoms with Crippen LogP contribution in [0.25, 0.3) is 0 Å². The molecule has 137 heavy (non-hydrogen) atoms. The Labute approximate surface area is 841 Å². The fourth-order valence-electron chi connectivity index (χ4n) is 14.1. The first-order valence-corrected chi connectivity index (χ1v) is 58.4. The molecule has 0 aromatic carbocycles. The van der Waals surface area contributed by atoms with Gasteiger partial charge in [-0.3, -0.25) is 54.4 Å². The number of Topliss-reactive ketones (excluding diaryl/α,β-unsaturated/α-hetero) is 3. The molecule has 4 aliphatic carbocycles. The molecule has 0 spiro atoms. The van der Waals surface area contributed by atoms with Crippen LogP contribution in [-0.2, 0) is 76.6 Å². The Morgan fingerprint density at radius 1 is 0.328 bits per heavy atom. The van der Waals surface area contributed by atoms with Gasteiger partial charge < -0.3 is 91.6 Å². The number of rotatable bonds is 0. The topological polar surface area (TPSA) is 399 Å². The second-order valence-electron chi connectivity index (χ2n) is 35.4. The van der Waals surface area contributed by atoms with E-state index in [1.54, 1.807) is 18.1 Å². The number of cyclic esters (lactones) is 2. The van der Waals surface area contributed by atoms with Crippen LogP contribution in [0.4, 0.5) is 0 Å². The number of ketones is 3. The molecule has 0 aromatic heterocycles. The van der Waals surface area contributed by atoms with E-state index in [1.807, 2.05) is 41.2 Å². The number of nitrogens with zero attached hydrogens (tertiary/aromatic N) is 2. The number of hydrogen-bond donors (Lipinski definition) is 13. The summed E-state index contributed by atoms with van der Waals surface area (Å²) in [5, 5.41) is 37.6. The highest BCUT2D eigenvalue weighted by atomic mass is 32.2. The first kappa shape index (κ1) is 128. The minimum atomic E-state index is -2.55. The van der Waals surface area contributed by atoms with Gasteiger partial charge in [0.1, 0.15) is 33.8 Å². The lowest BCUT2D eigenvalue weighted by molar-refractivity contribution is -0.138. The van der Waals surface area contributed by atoms with Gasteiger partial charge in [0.15, 0.2) is 6.40 Å². The van der Waals surface area contributed by atoms with Crippen molar-refractivity contribution in [1.82, 2.24) is 69.3 Å². The molecule has 0 radical (unpaired) electrons. The number of fused-ring (bicyclic) bond motifs is 2. The van der Waals surface area contributed by atoms with Gasteiger partial charge in [0.25, 0.3) is 0 Å². The number of piperidine rings is 3. The van der Waals surface area contributed by atoms with Gasteiger partial charge in [-0.2, -0.15) is 11.8 Å². The molecule has 13 N–H and O–H groups in total. The molecule has 25 rings (SSSR count). The number of ether oxygens (including phenoxy) is 7. The Balaban J connectivity index is 0.000000484. The van der Waals surface area contributed by atoms with Crippen molar-refractivity contribution in [2.75, 3.05) is 218 Å². The van der Waals surface area contributed by atoms with Gasteiger partial charge in [-0.1, -0.05) is 56.8 Å². The third-order valence-corrected chi connectivity index (χ3v) is 26.8. The fourth-order valence-corrected chi connectivity index (χ4v) is 17.8. The lowest BCUT2D eigenvalue weighted by atomic mass is 10.0. The molecule has 794 valence electrons. The summed E-state index contributed by atoms with van der Waals surface area (Å²) in [5.41, 5.74) is 5.94. The van der Waals surface area contributed by atoms with Crippen molar-refractivity contribution >= 4 is 99.0 Å². The van der Waals surface area contributed by atoms with Gasteiger partial charge in [-0.25, -0.2) is 8.42 Å². The molecule has 0 aromatic rings. The Hall–Kier alpha value is -5.09. The number of allylic oxidation sites excluding steroid dienone is 1. The molecule has 21 aliphatic heterocycles. The van der Waals surface area contributed by atoms with Gasteiger partial charge in [-0.05, 0) is 280 Å². The molecule has 2 bridgehead atoms. The summed E-state index contributed by atoms with van der Waals surface area (Å²) in [6.07, 6.45) is 74.0. The van der Waals surface area contributed by atoms with Gasteiger partial charge in [-0.15, -0.1) is 23.5 Å². The number of thioether (sulfide) groups is 3. The Kier molecular flexibility index (Phi) is 96.9. The molecular weight excluding hydrogens is 1820 g/mol. The fraction of sp³-hybridized carbons (Fsp3) is 0.833. The number of hydrogen-bond acceptors (Lipinski definition) is 32. The molecule has 0 unspecified atom stereocenters. The van der Waals surface area contributed by atoms with E-state index in [1.165, 1.54) is 242 Å². The summed E-state index contributed by atoms with van der Waals surface area (Å²) in [7, 11) is -2.55. The van der Waals surface area contributed by atoms with Crippen LogP contribution in [0.3, 0.4) is 0 Å². The summed E-state index contributed by atoms with van der Waals surface area (Å²) in [4.78, 5) is 78.8. The largest absolute Gasteiger partial charge is 0.482 e. The standard InChI is InChI=1S/C6H10O.C5H9NO.2C5H11N.C5H9N.C5H10O.3C5H8O.C5H10S.C4H9NO.C4H7NO.C4H5NS.C4H9N.C4H7N.C4H8O2S.2C4H6O2.C4H8O.C3H6N2.C3H8N2.C3H5NO.C3H7NS.C3H6/c1-2-6-4-3-5(1)7-6;7-5-3-1-2-4-6-5;4*1-2-4-6-5-3-1;3*6-5-3-1-2-4-5;1-2-4-6-5-3-1;1-3-6-4-2-5-1;6-4-2-1-3-5-4;1-3-6-4-2-5-1;2*1-2-4-5-3-1;5-7(6)3-1-2-4-7;2*5-4-2-1-3-6-4;1-2-4-5-3-1;1-2-5-3-4-1;1-2-4-5-3-1;2*1-2-5-3-4-1;1-2-3-1/h5-6H,1-4H2;1-4H2,(H,6,7);2*6H,1-5H2;2,4,6H,1,3,5H2;1-5H2;3*1-4H2;1-5H2;5H,1-4H2;1-3H2,(H,5,6);1-5H;5H,1-4H2;1-2,5H,3-4H2;1-4H2;2*1-3H2;1-4H2;3H,1-2H2,(H,4,5);4-5H,1-3H2;3H,1-2H2;4H,1-3H2;1-3H2.